The fourth-order valence-electron chi connectivity index (χ4n) is 2.57. The zero-order chi connectivity index (χ0) is 17.6. The number of carbonyl (C=O) groups is 1. The van der Waals surface area contributed by atoms with E-state index in [0.29, 0.717) is 23.8 Å². The average molecular weight is 356 g/mol. The Morgan fingerprint density at radius 3 is 2.76 bits per heavy atom. The van der Waals surface area contributed by atoms with Gasteiger partial charge in [0.15, 0.2) is 0 Å². The van der Waals surface area contributed by atoms with Crippen LogP contribution in [0.15, 0.2) is 53.6 Å². The van der Waals surface area contributed by atoms with Gasteiger partial charge in [-0.25, -0.2) is 0 Å². The van der Waals surface area contributed by atoms with Crippen molar-refractivity contribution in [2.24, 2.45) is 0 Å². The standard InChI is InChI=1S/C19H20N2O3S/c1-3-24-15-9-5-4-8-14(15)21-18(22)12-25-17-11-20-19-13(17)7-6-10-16(19)23-2/h4-11,20H,3,12H2,1-2H3,(H,21,22). The van der Waals surface area contributed by atoms with Crippen molar-refractivity contribution in [1.82, 2.24) is 4.98 Å². The zero-order valence-corrected chi connectivity index (χ0v) is 15.0. The van der Waals surface area contributed by atoms with Gasteiger partial charge in [0.05, 0.1) is 30.7 Å². The Bertz CT molecular complexity index is 876. The molecule has 3 rings (SSSR count). The molecule has 0 spiro atoms. The average Bonchev–Trinajstić information content (AvgIpc) is 3.05. The van der Waals surface area contributed by atoms with E-state index >= 15 is 0 Å². The summed E-state index contributed by atoms with van der Waals surface area (Å²) in [6.45, 7) is 2.47. The van der Waals surface area contributed by atoms with Gasteiger partial charge in [0.25, 0.3) is 0 Å². The SMILES string of the molecule is CCOc1ccccc1NC(=O)CSc1c[nH]c2c(OC)cccc12. The smallest absolute Gasteiger partial charge is 0.234 e. The lowest BCUT2D eigenvalue weighted by Gasteiger charge is -2.11. The molecule has 0 aliphatic rings. The Morgan fingerprint density at radius 2 is 1.96 bits per heavy atom. The Balaban J connectivity index is 1.67. The molecular weight excluding hydrogens is 336 g/mol. The second kappa shape index (κ2) is 7.98. The van der Waals surface area contributed by atoms with E-state index in [9.17, 15) is 4.79 Å². The Hall–Kier alpha value is -2.60. The maximum Gasteiger partial charge on any atom is 0.234 e. The lowest BCUT2D eigenvalue weighted by atomic mass is 10.2. The number of H-pyrrole nitrogens is 1. The van der Waals surface area contributed by atoms with E-state index in [-0.39, 0.29) is 5.91 Å². The number of aromatic nitrogens is 1. The van der Waals surface area contributed by atoms with Gasteiger partial charge in [-0.05, 0) is 25.1 Å². The largest absolute Gasteiger partial charge is 0.495 e. The van der Waals surface area contributed by atoms with E-state index in [4.69, 9.17) is 9.47 Å². The number of rotatable bonds is 7. The van der Waals surface area contributed by atoms with Gasteiger partial charge >= 0.3 is 0 Å². The van der Waals surface area contributed by atoms with Gasteiger partial charge in [-0.1, -0.05) is 24.3 Å². The number of amides is 1. The summed E-state index contributed by atoms with van der Waals surface area (Å²) in [5, 5.41) is 3.96. The summed E-state index contributed by atoms with van der Waals surface area (Å²) in [5.74, 6) is 1.71. The summed E-state index contributed by atoms with van der Waals surface area (Å²) in [6.07, 6.45) is 1.90. The topological polar surface area (TPSA) is 63.3 Å². The molecule has 3 aromatic rings. The van der Waals surface area contributed by atoms with Crippen molar-refractivity contribution in [1.29, 1.82) is 0 Å². The van der Waals surface area contributed by atoms with Crippen molar-refractivity contribution in [3.8, 4) is 11.5 Å². The normalized spacial score (nSPS) is 10.6. The third-order valence-corrected chi connectivity index (χ3v) is 4.73. The molecule has 0 aliphatic heterocycles. The van der Waals surface area contributed by atoms with Crippen LogP contribution < -0.4 is 14.8 Å². The summed E-state index contributed by atoms with van der Waals surface area (Å²) in [6, 6.07) is 13.3. The van der Waals surface area contributed by atoms with Crippen molar-refractivity contribution in [2.75, 3.05) is 24.8 Å². The molecule has 1 aromatic heterocycles. The van der Waals surface area contributed by atoms with Crippen LogP contribution in [0.3, 0.4) is 0 Å². The molecule has 0 atom stereocenters. The highest BCUT2D eigenvalue weighted by molar-refractivity contribution is 8.00. The summed E-state index contributed by atoms with van der Waals surface area (Å²) in [5.41, 5.74) is 1.63. The Labute approximate surface area is 150 Å². The quantitative estimate of drug-likeness (QED) is 0.619. The summed E-state index contributed by atoms with van der Waals surface area (Å²) >= 11 is 1.48. The molecule has 25 heavy (non-hydrogen) atoms. The minimum Gasteiger partial charge on any atom is -0.495 e. The van der Waals surface area contributed by atoms with E-state index in [1.54, 1.807) is 7.11 Å². The predicted molar refractivity (Wildman–Crippen MR) is 102 cm³/mol. The number of anilines is 1. The molecule has 0 unspecified atom stereocenters. The number of benzene rings is 2. The van der Waals surface area contributed by atoms with Crippen molar-refractivity contribution in [3.63, 3.8) is 0 Å². The van der Waals surface area contributed by atoms with Crippen LogP contribution in [0.4, 0.5) is 5.69 Å². The molecule has 1 amide bonds. The van der Waals surface area contributed by atoms with Gasteiger partial charge in [-0.2, -0.15) is 0 Å². The van der Waals surface area contributed by atoms with Crippen LogP contribution in [-0.4, -0.2) is 30.4 Å². The third kappa shape index (κ3) is 3.91. The second-order valence-electron chi connectivity index (χ2n) is 5.30. The number of hydrogen-bond donors (Lipinski definition) is 2. The first kappa shape index (κ1) is 17.2. The van der Waals surface area contributed by atoms with Crippen LogP contribution in [0, 0.1) is 0 Å². The van der Waals surface area contributed by atoms with Crippen molar-refractivity contribution in [3.05, 3.63) is 48.7 Å². The highest BCUT2D eigenvalue weighted by atomic mass is 32.2. The first-order valence-electron chi connectivity index (χ1n) is 8.01. The Morgan fingerprint density at radius 1 is 1.16 bits per heavy atom. The number of nitrogens with one attached hydrogen (secondary N) is 2. The molecular formula is C19H20N2O3S. The molecule has 1 heterocycles. The number of thioether (sulfide) groups is 1. The third-order valence-electron chi connectivity index (χ3n) is 3.68. The minimum atomic E-state index is -0.0746. The fraction of sp³-hybridized carbons (Fsp3) is 0.211. The molecule has 6 heteroatoms. The lowest BCUT2D eigenvalue weighted by Crippen LogP contribution is -2.14. The molecule has 5 nitrogen and oxygen atoms in total. The van der Waals surface area contributed by atoms with Crippen molar-refractivity contribution in [2.45, 2.75) is 11.8 Å². The van der Waals surface area contributed by atoms with Crippen LogP contribution in [0.5, 0.6) is 11.5 Å². The lowest BCUT2D eigenvalue weighted by molar-refractivity contribution is -0.113. The van der Waals surface area contributed by atoms with E-state index in [1.165, 1.54) is 11.8 Å². The zero-order valence-electron chi connectivity index (χ0n) is 14.2. The highest BCUT2D eigenvalue weighted by Gasteiger charge is 2.11. The van der Waals surface area contributed by atoms with Gasteiger partial charge in [0.2, 0.25) is 5.91 Å². The number of carbonyl (C=O) groups excluding carboxylic acids is 1. The number of ether oxygens (including phenoxy) is 2. The molecule has 0 fully saturated rings. The molecule has 2 N–H and O–H groups in total. The summed E-state index contributed by atoms with van der Waals surface area (Å²) in [4.78, 5) is 16.5. The monoisotopic (exact) mass is 356 g/mol. The summed E-state index contributed by atoms with van der Waals surface area (Å²) < 4.78 is 10.9. The molecule has 0 radical (unpaired) electrons. The van der Waals surface area contributed by atoms with Gasteiger partial charge in [0.1, 0.15) is 11.5 Å². The van der Waals surface area contributed by atoms with Gasteiger partial charge in [-0.15, -0.1) is 11.8 Å². The number of hydrogen-bond acceptors (Lipinski definition) is 4. The number of methoxy groups -OCH3 is 1. The highest BCUT2D eigenvalue weighted by Crippen LogP contribution is 2.33. The van der Waals surface area contributed by atoms with Gasteiger partial charge in [0, 0.05) is 16.5 Å². The van der Waals surface area contributed by atoms with E-state index in [2.05, 4.69) is 10.3 Å². The Kier molecular flexibility index (Phi) is 5.50. The minimum absolute atomic E-state index is 0.0746. The van der Waals surface area contributed by atoms with E-state index < -0.39 is 0 Å². The molecule has 2 aromatic carbocycles. The maximum absolute atomic E-state index is 12.3. The van der Waals surface area contributed by atoms with Crippen LogP contribution in [0.2, 0.25) is 0 Å². The molecule has 0 saturated carbocycles. The first-order chi connectivity index (χ1) is 12.2. The summed E-state index contributed by atoms with van der Waals surface area (Å²) in [7, 11) is 1.64. The molecule has 130 valence electrons. The predicted octanol–water partition coefficient (Wildman–Crippen LogP) is 4.31. The van der Waals surface area contributed by atoms with Gasteiger partial charge in [-0.3, -0.25) is 4.79 Å². The maximum atomic E-state index is 12.3. The second-order valence-corrected chi connectivity index (χ2v) is 6.32. The number of para-hydroxylation sites is 3. The fourth-order valence-corrected chi connectivity index (χ4v) is 3.40. The van der Waals surface area contributed by atoms with E-state index in [1.807, 2.05) is 55.6 Å². The number of aromatic amines is 1. The van der Waals surface area contributed by atoms with Gasteiger partial charge < -0.3 is 19.8 Å². The number of fused-ring (bicyclic) bond motifs is 1. The van der Waals surface area contributed by atoms with Crippen LogP contribution >= 0.6 is 11.8 Å². The first-order valence-corrected chi connectivity index (χ1v) is 9.00. The van der Waals surface area contributed by atoms with Crippen molar-refractivity contribution >= 4 is 34.3 Å². The molecule has 0 aliphatic carbocycles. The van der Waals surface area contributed by atoms with Crippen molar-refractivity contribution < 1.29 is 14.3 Å². The van der Waals surface area contributed by atoms with E-state index in [0.717, 1.165) is 21.5 Å². The van der Waals surface area contributed by atoms with Crippen LogP contribution in [-0.2, 0) is 4.79 Å². The molecule has 0 bridgehead atoms. The van der Waals surface area contributed by atoms with Crippen LogP contribution in [0.25, 0.3) is 10.9 Å². The molecule has 0 saturated heterocycles. The van der Waals surface area contributed by atoms with Crippen LogP contribution in [0.1, 0.15) is 6.92 Å².